The molecule has 0 saturated carbocycles. The van der Waals surface area contributed by atoms with Gasteiger partial charge in [0.2, 0.25) is 0 Å². The molecule has 0 spiro atoms. The van der Waals surface area contributed by atoms with E-state index in [1.807, 2.05) is 11.8 Å². The fraction of sp³-hybridized carbons (Fsp3) is 0.923. The molecule has 1 fully saturated rings. The van der Waals surface area contributed by atoms with Crippen molar-refractivity contribution in [1.29, 1.82) is 0 Å². The average molecular weight is 242 g/mol. The van der Waals surface area contributed by atoms with Gasteiger partial charge in [-0.2, -0.15) is 0 Å². The topological polar surface area (TPSA) is 24.4 Å². The van der Waals surface area contributed by atoms with Crippen LogP contribution < -0.4 is 5.32 Å². The largest absolute Gasteiger partial charge is 0.360 e. The van der Waals surface area contributed by atoms with Crippen molar-refractivity contribution in [3.05, 3.63) is 0 Å². The molecule has 1 N–H and O–H groups in total. The van der Waals surface area contributed by atoms with Crippen LogP contribution in [0, 0.1) is 5.92 Å². The van der Waals surface area contributed by atoms with Crippen LogP contribution in [0.25, 0.3) is 0 Å². The molecule has 0 bridgehead atoms. The van der Waals surface area contributed by atoms with Gasteiger partial charge in [0.15, 0.2) is 5.17 Å². The number of hydrogen-bond acceptors (Lipinski definition) is 2. The van der Waals surface area contributed by atoms with Gasteiger partial charge >= 0.3 is 0 Å². The van der Waals surface area contributed by atoms with E-state index in [-0.39, 0.29) is 5.54 Å². The summed E-state index contributed by atoms with van der Waals surface area (Å²) in [5.41, 5.74) is 0.222. The smallest absolute Gasteiger partial charge is 0.157 e. The predicted molar refractivity (Wildman–Crippen MR) is 75.3 cm³/mol. The monoisotopic (exact) mass is 242 g/mol. The third kappa shape index (κ3) is 4.77. The molecule has 0 aliphatic carbocycles. The Morgan fingerprint density at radius 3 is 2.69 bits per heavy atom. The van der Waals surface area contributed by atoms with Crippen LogP contribution in [0.2, 0.25) is 0 Å². The van der Waals surface area contributed by atoms with Crippen molar-refractivity contribution in [2.24, 2.45) is 10.9 Å². The summed E-state index contributed by atoms with van der Waals surface area (Å²) in [5, 5.41) is 4.67. The number of aliphatic imine (C=N–C) groups is 1. The Morgan fingerprint density at radius 2 is 2.12 bits per heavy atom. The Bertz CT molecular complexity index is 248. The van der Waals surface area contributed by atoms with E-state index in [0.717, 1.165) is 11.1 Å². The standard InChI is InChI=1S/C13H26N2S/c1-6-10(2)9-11(3)14-12-15-13(4,5)7-8-16-12/h10-11H,6-9H2,1-5H3,(H,14,15). The lowest BCUT2D eigenvalue weighted by molar-refractivity contribution is 0.440. The maximum atomic E-state index is 4.79. The summed E-state index contributed by atoms with van der Waals surface area (Å²) < 4.78 is 0. The predicted octanol–water partition coefficient (Wildman–Crippen LogP) is 3.67. The van der Waals surface area contributed by atoms with Gasteiger partial charge in [-0.1, -0.05) is 32.0 Å². The second-order valence-corrected chi connectivity index (χ2v) is 6.72. The quantitative estimate of drug-likeness (QED) is 0.813. The van der Waals surface area contributed by atoms with Crippen molar-refractivity contribution in [2.75, 3.05) is 5.75 Å². The van der Waals surface area contributed by atoms with Crippen LogP contribution in [0.5, 0.6) is 0 Å². The van der Waals surface area contributed by atoms with Gasteiger partial charge in [-0.3, -0.25) is 4.99 Å². The zero-order valence-electron chi connectivity index (χ0n) is 11.3. The minimum Gasteiger partial charge on any atom is -0.360 e. The first-order valence-corrected chi connectivity index (χ1v) is 7.40. The van der Waals surface area contributed by atoms with Crippen molar-refractivity contribution in [3.8, 4) is 0 Å². The normalized spacial score (nSPS) is 26.2. The molecule has 1 rings (SSSR count). The lowest BCUT2D eigenvalue weighted by atomic mass is 10.0. The summed E-state index contributed by atoms with van der Waals surface area (Å²) in [6, 6.07) is 0.443. The minimum atomic E-state index is 0.222. The van der Waals surface area contributed by atoms with Crippen molar-refractivity contribution < 1.29 is 0 Å². The average Bonchev–Trinajstić information content (AvgIpc) is 2.15. The first-order valence-electron chi connectivity index (χ1n) is 6.41. The number of thioether (sulfide) groups is 1. The van der Waals surface area contributed by atoms with E-state index in [1.165, 1.54) is 25.0 Å². The Hall–Kier alpha value is -0.180. The SMILES string of the molecule is CCC(C)CC(C)N=C1NC(C)(C)CCS1. The van der Waals surface area contributed by atoms with Gasteiger partial charge in [0.25, 0.3) is 0 Å². The number of rotatable bonds is 4. The molecule has 2 unspecified atom stereocenters. The maximum absolute atomic E-state index is 4.79. The van der Waals surface area contributed by atoms with Crippen LogP contribution >= 0.6 is 11.8 Å². The number of nitrogens with one attached hydrogen (secondary N) is 1. The Kier molecular flexibility index (Phi) is 5.16. The highest BCUT2D eigenvalue weighted by Crippen LogP contribution is 2.22. The van der Waals surface area contributed by atoms with E-state index in [0.29, 0.717) is 6.04 Å². The Balaban J connectivity index is 2.49. The molecule has 1 heterocycles. The van der Waals surface area contributed by atoms with Crippen LogP contribution in [-0.4, -0.2) is 22.5 Å². The van der Waals surface area contributed by atoms with Crippen LogP contribution in [0.15, 0.2) is 4.99 Å². The Morgan fingerprint density at radius 1 is 1.44 bits per heavy atom. The first-order chi connectivity index (χ1) is 7.43. The highest BCUT2D eigenvalue weighted by Gasteiger charge is 2.24. The summed E-state index contributed by atoms with van der Waals surface area (Å²) in [6.45, 7) is 11.3. The van der Waals surface area contributed by atoms with E-state index in [1.54, 1.807) is 0 Å². The molecule has 1 saturated heterocycles. The fourth-order valence-electron chi connectivity index (χ4n) is 1.86. The molecule has 2 nitrogen and oxygen atoms in total. The minimum absolute atomic E-state index is 0.222. The zero-order chi connectivity index (χ0) is 12.2. The van der Waals surface area contributed by atoms with Crippen LogP contribution in [-0.2, 0) is 0 Å². The van der Waals surface area contributed by atoms with Crippen LogP contribution in [0.3, 0.4) is 0 Å². The lowest BCUT2D eigenvalue weighted by Crippen LogP contribution is -2.46. The van der Waals surface area contributed by atoms with Crippen LogP contribution in [0.1, 0.15) is 53.9 Å². The molecular weight excluding hydrogens is 216 g/mol. The molecule has 3 heteroatoms. The lowest BCUT2D eigenvalue weighted by Gasteiger charge is -2.32. The third-order valence-corrected chi connectivity index (χ3v) is 4.08. The van der Waals surface area contributed by atoms with Gasteiger partial charge in [-0.15, -0.1) is 0 Å². The van der Waals surface area contributed by atoms with Gasteiger partial charge in [-0.05, 0) is 39.5 Å². The first kappa shape index (κ1) is 13.9. The summed E-state index contributed by atoms with van der Waals surface area (Å²) in [5.74, 6) is 1.97. The highest BCUT2D eigenvalue weighted by molar-refractivity contribution is 8.13. The van der Waals surface area contributed by atoms with E-state index in [2.05, 4.69) is 39.9 Å². The highest BCUT2D eigenvalue weighted by atomic mass is 32.2. The molecule has 0 aromatic rings. The van der Waals surface area contributed by atoms with Gasteiger partial charge in [0.05, 0.1) is 6.04 Å². The molecule has 0 radical (unpaired) electrons. The molecule has 0 amide bonds. The number of nitrogens with zero attached hydrogens (tertiary/aromatic N) is 1. The van der Waals surface area contributed by atoms with Gasteiger partial charge in [-0.25, -0.2) is 0 Å². The Labute approximate surface area is 105 Å². The zero-order valence-corrected chi connectivity index (χ0v) is 12.2. The molecule has 16 heavy (non-hydrogen) atoms. The second-order valence-electron chi connectivity index (χ2n) is 5.64. The molecular formula is C13H26N2S. The summed E-state index contributed by atoms with van der Waals surface area (Å²) in [6.07, 6.45) is 3.67. The van der Waals surface area contributed by atoms with Crippen molar-refractivity contribution >= 4 is 16.9 Å². The van der Waals surface area contributed by atoms with Crippen molar-refractivity contribution in [3.63, 3.8) is 0 Å². The van der Waals surface area contributed by atoms with E-state index in [4.69, 9.17) is 4.99 Å². The summed E-state index contributed by atoms with van der Waals surface area (Å²) >= 11 is 1.87. The molecule has 0 aromatic heterocycles. The van der Waals surface area contributed by atoms with Gasteiger partial charge in [0.1, 0.15) is 0 Å². The number of hydrogen-bond donors (Lipinski definition) is 1. The van der Waals surface area contributed by atoms with E-state index < -0.39 is 0 Å². The van der Waals surface area contributed by atoms with Crippen LogP contribution in [0.4, 0.5) is 0 Å². The molecule has 1 aliphatic rings. The summed E-state index contributed by atoms with van der Waals surface area (Å²) in [4.78, 5) is 4.79. The second kappa shape index (κ2) is 5.95. The molecule has 1 aliphatic heterocycles. The molecule has 2 atom stereocenters. The van der Waals surface area contributed by atoms with Gasteiger partial charge in [0, 0.05) is 11.3 Å². The summed E-state index contributed by atoms with van der Waals surface area (Å²) in [7, 11) is 0. The van der Waals surface area contributed by atoms with E-state index in [9.17, 15) is 0 Å². The molecule has 94 valence electrons. The maximum Gasteiger partial charge on any atom is 0.157 e. The van der Waals surface area contributed by atoms with Gasteiger partial charge < -0.3 is 5.32 Å². The van der Waals surface area contributed by atoms with Crippen molar-refractivity contribution in [2.45, 2.75) is 65.5 Å². The number of amidine groups is 1. The van der Waals surface area contributed by atoms with Crippen molar-refractivity contribution in [1.82, 2.24) is 5.32 Å². The third-order valence-electron chi connectivity index (χ3n) is 3.19. The molecule has 0 aromatic carbocycles. The fourth-order valence-corrected chi connectivity index (χ4v) is 3.27. The van der Waals surface area contributed by atoms with E-state index >= 15 is 0 Å².